The Labute approximate surface area is 160 Å². The first-order chi connectivity index (χ1) is 13.4. The third-order valence-electron chi connectivity index (χ3n) is 3.41. The lowest BCUT2D eigenvalue weighted by molar-refractivity contribution is -0.113. The van der Waals surface area contributed by atoms with Crippen molar-refractivity contribution < 1.29 is 19.1 Å². The average Bonchev–Trinajstić information content (AvgIpc) is 3.10. The van der Waals surface area contributed by atoms with Gasteiger partial charge in [0.05, 0.1) is 17.0 Å². The van der Waals surface area contributed by atoms with Gasteiger partial charge in [-0.2, -0.15) is 0 Å². The molecule has 0 aliphatic carbocycles. The largest absolute Gasteiger partial charge is 0.478 e. The van der Waals surface area contributed by atoms with Crippen LogP contribution in [0.25, 0.3) is 0 Å². The molecule has 3 N–H and O–H groups in total. The van der Waals surface area contributed by atoms with Gasteiger partial charge in [-0.25, -0.2) is 9.59 Å². The summed E-state index contributed by atoms with van der Waals surface area (Å²) in [6, 6.07) is 7.22. The predicted octanol–water partition coefficient (Wildman–Crippen LogP) is 0.397. The fraction of sp³-hybridized carbons (Fsp3) is 0.125. The van der Waals surface area contributed by atoms with Crippen molar-refractivity contribution >= 4 is 29.3 Å². The van der Waals surface area contributed by atoms with Crippen LogP contribution in [0.4, 0.5) is 5.69 Å². The third kappa shape index (κ3) is 4.73. The van der Waals surface area contributed by atoms with Crippen LogP contribution < -0.4 is 16.6 Å². The molecule has 28 heavy (non-hydrogen) atoms. The molecule has 11 nitrogen and oxygen atoms in total. The van der Waals surface area contributed by atoms with E-state index >= 15 is 0 Å². The van der Waals surface area contributed by atoms with Crippen LogP contribution in [0.3, 0.4) is 0 Å². The highest BCUT2D eigenvalue weighted by atomic mass is 32.2. The summed E-state index contributed by atoms with van der Waals surface area (Å²) >= 11 is 0.955. The van der Waals surface area contributed by atoms with Crippen LogP contribution in [0.2, 0.25) is 0 Å². The summed E-state index contributed by atoms with van der Waals surface area (Å²) in [5.41, 5.74) is -0.966. The number of para-hydroxylation sites is 1. The van der Waals surface area contributed by atoms with Gasteiger partial charge in [0.15, 0.2) is 0 Å². The maximum absolute atomic E-state index is 12.0. The third-order valence-corrected chi connectivity index (χ3v) is 4.23. The molecule has 1 aromatic carbocycles. The average molecular weight is 403 g/mol. The number of carboxylic acid groups (broad SMARTS) is 1. The molecule has 3 aromatic rings. The summed E-state index contributed by atoms with van der Waals surface area (Å²) < 4.78 is 6.53. The maximum Gasteiger partial charge on any atom is 0.337 e. The van der Waals surface area contributed by atoms with Crippen molar-refractivity contribution in [2.75, 3.05) is 11.1 Å². The Bertz CT molecular complexity index is 1130. The van der Waals surface area contributed by atoms with Crippen molar-refractivity contribution in [1.82, 2.24) is 19.7 Å². The van der Waals surface area contributed by atoms with Crippen LogP contribution in [0.5, 0.6) is 0 Å². The van der Waals surface area contributed by atoms with Crippen LogP contribution in [0, 0.1) is 0 Å². The predicted molar refractivity (Wildman–Crippen MR) is 97.5 cm³/mol. The molecule has 0 saturated heterocycles. The van der Waals surface area contributed by atoms with Crippen molar-refractivity contribution in [2.24, 2.45) is 0 Å². The van der Waals surface area contributed by atoms with Gasteiger partial charge in [-0.05, 0) is 12.1 Å². The van der Waals surface area contributed by atoms with E-state index in [1.807, 2.05) is 0 Å². The normalized spacial score (nSPS) is 10.6. The number of anilines is 1. The van der Waals surface area contributed by atoms with Gasteiger partial charge in [-0.15, -0.1) is 10.2 Å². The molecule has 144 valence electrons. The number of aromatic amines is 1. The molecule has 0 fully saturated rings. The molecule has 0 unspecified atom stereocenters. The monoisotopic (exact) mass is 403 g/mol. The van der Waals surface area contributed by atoms with E-state index in [9.17, 15) is 19.2 Å². The first-order valence-electron chi connectivity index (χ1n) is 7.79. The summed E-state index contributed by atoms with van der Waals surface area (Å²) in [6.07, 6.45) is 1.30. The quantitative estimate of drug-likeness (QED) is 0.474. The zero-order chi connectivity index (χ0) is 20.1. The Hall–Kier alpha value is -3.67. The highest BCUT2D eigenvalue weighted by Crippen LogP contribution is 2.19. The van der Waals surface area contributed by atoms with E-state index in [1.54, 1.807) is 12.1 Å². The van der Waals surface area contributed by atoms with Crippen molar-refractivity contribution in [3.63, 3.8) is 0 Å². The number of hydrogen-bond donors (Lipinski definition) is 3. The number of carbonyl (C=O) groups excluding carboxylic acids is 1. The Morgan fingerprint density at radius 3 is 2.75 bits per heavy atom. The minimum absolute atomic E-state index is 0.0210. The SMILES string of the molecule is O=C(CSc1nnc(Cn2ccc(=O)[nH]c2=O)o1)Nc1ccccc1C(=O)O. The standard InChI is InChI=1S/C16H13N5O6S/c22-11-5-6-21(15(26)18-11)7-13-19-20-16(27-13)28-8-12(23)17-10-4-2-1-3-9(10)14(24)25/h1-6H,7-8H2,(H,17,23)(H,24,25)(H,18,22,26). The van der Waals surface area contributed by atoms with E-state index in [2.05, 4.69) is 20.5 Å². The number of amides is 1. The number of H-pyrrole nitrogens is 1. The number of thioether (sulfide) groups is 1. The summed E-state index contributed by atoms with van der Waals surface area (Å²) in [7, 11) is 0. The van der Waals surface area contributed by atoms with Crippen LogP contribution in [-0.4, -0.2) is 42.5 Å². The number of nitrogens with one attached hydrogen (secondary N) is 2. The molecule has 2 aromatic heterocycles. The molecule has 1 amide bonds. The number of benzene rings is 1. The molecule has 0 bridgehead atoms. The molecule has 2 heterocycles. The number of nitrogens with zero attached hydrogens (tertiary/aromatic N) is 3. The lowest BCUT2D eigenvalue weighted by Crippen LogP contribution is -2.28. The molecule has 12 heteroatoms. The molecular weight excluding hydrogens is 390 g/mol. The highest BCUT2D eigenvalue weighted by molar-refractivity contribution is 7.99. The van der Waals surface area contributed by atoms with E-state index in [-0.39, 0.29) is 34.7 Å². The number of aromatic carboxylic acids is 1. The van der Waals surface area contributed by atoms with Crippen molar-refractivity contribution in [1.29, 1.82) is 0 Å². The second-order valence-corrected chi connectivity index (χ2v) is 6.31. The van der Waals surface area contributed by atoms with E-state index in [0.717, 1.165) is 11.8 Å². The number of carboxylic acids is 1. The van der Waals surface area contributed by atoms with Gasteiger partial charge in [0.25, 0.3) is 10.8 Å². The van der Waals surface area contributed by atoms with Gasteiger partial charge >= 0.3 is 11.7 Å². The van der Waals surface area contributed by atoms with Crippen molar-refractivity contribution in [3.8, 4) is 0 Å². The summed E-state index contributed by atoms with van der Waals surface area (Å²) in [5, 5.41) is 19.3. The number of hydrogen-bond acceptors (Lipinski definition) is 8. The molecule has 3 rings (SSSR count). The Morgan fingerprint density at radius 1 is 1.21 bits per heavy atom. The molecule has 0 saturated carbocycles. The van der Waals surface area contributed by atoms with Gasteiger partial charge < -0.3 is 14.8 Å². The molecule has 0 aliphatic heterocycles. The maximum atomic E-state index is 12.0. The van der Waals surface area contributed by atoms with Crippen LogP contribution in [0.1, 0.15) is 16.2 Å². The zero-order valence-electron chi connectivity index (χ0n) is 14.1. The summed E-state index contributed by atoms with van der Waals surface area (Å²) in [4.78, 5) is 48.0. The van der Waals surface area contributed by atoms with E-state index < -0.39 is 23.1 Å². The first-order valence-corrected chi connectivity index (χ1v) is 8.78. The second-order valence-electron chi connectivity index (χ2n) is 5.39. The Kier molecular flexibility index (Phi) is 5.69. The topological polar surface area (TPSA) is 160 Å². The Balaban J connectivity index is 1.58. The number of rotatable bonds is 7. The van der Waals surface area contributed by atoms with Crippen LogP contribution >= 0.6 is 11.8 Å². The summed E-state index contributed by atoms with van der Waals surface area (Å²) in [5.74, 6) is -1.57. The molecule has 0 radical (unpaired) electrons. The van der Waals surface area contributed by atoms with Gasteiger partial charge in [-0.3, -0.25) is 19.1 Å². The van der Waals surface area contributed by atoms with Crippen LogP contribution in [0.15, 0.2) is 55.8 Å². The molecule has 0 spiro atoms. The fourth-order valence-corrected chi connectivity index (χ4v) is 2.75. The van der Waals surface area contributed by atoms with Gasteiger partial charge in [0.1, 0.15) is 6.54 Å². The molecule has 0 atom stereocenters. The van der Waals surface area contributed by atoms with Crippen molar-refractivity contribution in [3.05, 3.63) is 68.8 Å². The van der Waals surface area contributed by atoms with Crippen molar-refractivity contribution in [2.45, 2.75) is 11.8 Å². The second kappa shape index (κ2) is 8.35. The lowest BCUT2D eigenvalue weighted by Gasteiger charge is -2.07. The smallest absolute Gasteiger partial charge is 0.337 e. The molecular formula is C16H13N5O6S. The highest BCUT2D eigenvalue weighted by Gasteiger charge is 2.14. The van der Waals surface area contributed by atoms with E-state index in [0.29, 0.717) is 0 Å². The minimum Gasteiger partial charge on any atom is -0.478 e. The first kappa shape index (κ1) is 19.1. The minimum atomic E-state index is -1.15. The number of carbonyl (C=O) groups is 2. The summed E-state index contributed by atoms with van der Waals surface area (Å²) in [6.45, 7) is -0.0403. The van der Waals surface area contributed by atoms with Gasteiger partial charge in [-0.1, -0.05) is 23.9 Å². The van der Waals surface area contributed by atoms with E-state index in [1.165, 1.54) is 29.0 Å². The molecule has 0 aliphatic rings. The van der Waals surface area contributed by atoms with Crippen LogP contribution in [-0.2, 0) is 11.3 Å². The van der Waals surface area contributed by atoms with E-state index in [4.69, 9.17) is 9.52 Å². The van der Waals surface area contributed by atoms with Gasteiger partial charge in [0, 0.05) is 12.3 Å². The number of aromatic nitrogens is 4. The van der Waals surface area contributed by atoms with Gasteiger partial charge in [0.2, 0.25) is 11.8 Å². The Morgan fingerprint density at radius 2 is 2.00 bits per heavy atom. The lowest BCUT2D eigenvalue weighted by atomic mass is 10.2. The fourth-order valence-electron chi connectivity index (χ4n) is 2.17. The zero-order valence-corrected chi connectivity index (χ0v) is 14.9.